The van der Waals surface area contributed by atoms with Crippen LogP contribution in [-0.4, -0.2) is 30.7 Å². The lowest BCUT2D eigenvalue weighted by Gasteiger charge is -2.31. The van der Waals surface area contributed by atoms with Gasteiger partial charge < -0.3 is 10.4 Å². The first-order valence-electron chi connectivity index (χ1n) is 10.3. The number of halogens is 3. The Labute approximate surface area is 188 Å². The second-order valence-corrected chi connectivity index (χ2v) is 10.5. The molecule has 1 unspecified atom stereocenters. The summed E-state index contributed by atoms with van der Waals surface area (Å²) in [6.07, 6.45) is 3.30. The molecule has 0 spiro atoms. The van der Waals surface area contributed by atoms with Crippen molar-refractivity contribution in [3.05, 3.63) is 71.1 Å². The van der Waals surface area contributed by atoms with Crippen LogP contribution in [0.15, 0.2) is 52.9 Å². The fourth-order valence-electron chi connectivity index (χ4n) is 4.94. The van der Waals surface area contributed by atoms with Crippen molar-refractivity contribution >= 4 is 27.4 Å². The van der Waals surface area contributed by atoms with Crippen LogP contribution >= 0.6 is 0 Å². The third kappa shape index (κ3) is 4.52. The summed E-state index contributed by atoms with van der Waals surface area (Å²) >= 11 is 0. The minimum Gasteiger partial charge on any atom is -0.478 e. The molecular formula is C23H20F3NO5S. The molecule has 0 heterocycles. The molecule has 174 valence electrons. The fraction of sp³-hybridized carbons (Fsp3) is 0.304. The van der Waals surface area contributed by atoms with Gasteiger partial charge in [0.05, 0.1) is 10.1 Å². The number of hydrogen-bond donors (Lipinski definition) is 2. The van der Waals surface area contributed by atoms with Crippen molar-refractivity contribution in [1.29, 1.82) is 0 Å². The van der Waals surface area contributed by atoms with Crippen LogP contribution in [-0.2, 0) is 14.6 Å². The van der Waals surface area contributed by atoms with Gasteiger partial charge in [0.15, 0.2) is 27.3 Å². The van der Waals surface area contributed by atoms with E-state index in [0.717, 1.165) is 11.6 Å². The number of carbonyl (C=O) groups excluding carboxylic acids is 1. The highest BCUT2D eigenvalue weighted by Crippen LogP contribution is 2.49. The number of nitrogens with one attached hydrogen (secondary N) is 1. The van der Waals surface area contributed by atoms with Gasteiger partial charge in [-0.05, 0) is 55.7 Å². The molecule has 6 nitrogen and oxygen atoms in total. The Morgan fingerprint density at radius 1 is 1.00 bits per heavy atom. The molecule has 0 saturated heterocycles. The average molecular weight is 479 g/mol. The second-order valence-electron chi connectivity index (χ2n) is 8.39. The van der Waals surface area contributed by atoms with E-state index < -0.39 is 44.4 Å². The highest BCUT2D eigenvalue weighted by Gasteiger charge is 2.48. The Balaban J connectivity index is 1.57. The lowest BCUT2D eigenvalue weighted by molar-refractivity contribution is -0.131. The fourth-order valence-corrected chi connectivity index (χ4v) is 7.29. The van der Waals surface area contributed by atoms with Gasteiger partial charge in [0.25, 0.3) is 5.91 Å². The van der Waals surface area contributed by atoms with Gasteiger partial charge in [-0.3, -0.25) is 4.79 Å². The molecular weight excluding hydrogens is 459 g/mol. The van der Waals surface area contributed by atoms with Crippen LogP contribution in [0.4, 0.5) is 18.9 Å². The summed E-state index contributed by atoms with van der Waals surface area (Å²) in [6, 6.07) is 6.58. The van der Waals surface area contributed by atoms with Crippen molar-refractivity contribution in [3.63, 3.8) is 0 Å². The van der Waals surface area contributed by atoms with E-state index >= 15 is 0 Å². The van der Waals surface area contributed by atoms with Gasteiger partial charge in [-0.25, -0.2) is 26.4 Å². The quantitative estimate of drug-likeness (QED) is 0.491. The number of sulfone groups is 1. The number of carbonyl (C=O) groups is 2. The van der Waals surface area contributed by atoms with Crippen LogP contribution in [0.2, 0.25) is 0 Å². The minimum atomic E-state index is -3.82. The highest BCUT2D eigenvalue weighted by molar-refractivity contribution is 7.92. The third-order valence-corrected chi connectivity index (χ3v) is 8.64. The number of aliphatic carboxylic acids is 1. The van der Waals surface area contributed by atoms with E-state index in [-0.39, 0.29) is 28.0 Å². The zero-order valence-corrected chi connectivity index (χ0v) is 18.0. The summed E-state index contributed by atoms with van der Waals surface area (Å²) in [7, 11) is -3.82. The van der Waals surface area contributed by atoms with Gasteiger partial charge in [0, 0.05) is 29.5 Å². The summed E-state index contributed by atoms with van der Waals surface area (Å²) in [5.74, 6) is -6.87. The number of anilines is 1. The summed E-state index contributed by atoms with van der Waals surface area (Å²) in [4.78, 5) is 23.5. The minimum absolute atomic E-state index is 0.0455. The number of fused-ring (bicyclic) bond motifs is 2. The molecule has 2 saturated carbocycles. The first-order chi connectivity index (χ1) is 15.6. The zero-order valence-electron chi connectivity index (χ0n) is 17.2. The van der Waals surface area contributed by atoms with E-state index in [0.29, 0.717) is 37.8 Å². The van der Waals surface area contributed by atoms with Crippen molar-refractivity contribution < 1.29 is 36.3 Å². The highest BCUT2D eigenvalue weighted by atomic mass is 32.2. The summed E-state index contributed by atoms with van der Waals surface area (Å²) in [5.41, 5.74) is 0.372. The van der Waals surface area contributed by atoms with Crippen molar-refractivity contribution in [3.8, 4) is 0 Å². The molecule has 2 fully saturated rings. The topological polar surface area (TPSA) is 101 Å². The predicted molar refractivity (Wildman–Crippen MR) is 113 cm³/mol. The van der Waals surface area contributed by atoms with Gasteiger partial charge >= 0.3 is 5.97 Å². The predicted octanol–water partition coefficient (Wildman–Crippen LogP) is 4.33. The first-order valence-corrected chi connectivity index (χ1v) is 11.8. The number of hydrogen-bond acceptors (Lipinski definition) is 4. The molecule has 3 atom stereocenters. The van der Waals surface area contributed by atoms with Crippen molar-refractivity contribution in [1.82, 2.24) is 0 Å². The molecule has 0 aliphatic heterocycles. The maximum atomic E-state index is 13.4. The van der Waals surface area contributed by atoms with E-state index in [2.05, 4.69) is 5.32 Å². The standard InChI is InChI=1S/C23H20F3NO5S/c24-18-10-16(11-19(25)21(18)26)27-23(30)15-2-1-3-17(9-15)33(31,32)22-13-4-5-14(22)7-12(6-13)8-20(28)29/h1-3,8-11,13-14,22H,4-7H2,(H,27,30)(H,28,29)/b12-8-/t13-,14?,22+/m0/s1. The van der Waals surface area contributed by atoms with Crippen molar-refractivity contribution in [2.45, 2.75) is 35.8 Å². The molecule has 2 aliphatic rings. The van der Waals surface area contributed by atoms with Crippen LogP contribution in [0.3, 0.4) is 0 Å². The molecule has 2 N–H and O–H groups in total. The van der Waals surface area contributed by atoms with Crippen LogP contribution in [0, 0.1) is 29.3 Å². The van der Waals surface area contributed by atoms with E-state index in [1.807, 2.05) is 0 Å². The van der Waals surface area contributed by atoms with Crippen LogP contribution in [0.5, 0.6) is 0 Å². The van der Waals surface area contributed by atoms with E-state index in [1.54, 1.807) is 0 Å². The number of carboxylic acids is 1. The van der Waals surface area contributed by atoms with Gasteiger partial charge in [-0.1, -0.05) is 11.6 Å². The summed E-state index contributed by atoms with van der Waals surface area (Å²) in [6.45, 7) is 0. The molecule has 2 bridgehead atoms. The molecule has 0 aromatic heterocycles. The Bertz CT molecular complexity index is 1240. The van der Waals surface area contributed by atoms with Crippen LogP contribution in [0.1, 0.15) is 36.0 Å². The molecule has 2 aliphatic carbocycles. The monoisotopic (exact) mass is 479 g/mol. The second kappa shape index (κ2) is 8.66. The average Bonchev–Trinajstić information content (AvgIpc) is 3.03. The molecule has 10 heteroatoms. The normalized spacial score (nSPS) is 23.5. The Hall–Kier alpha value is -3.14. The summed E-state index contributed by atoms with van der Waals surface area (Å²) < 4.78 is 66.8. The molecule has 2 aromatic carbocycles. The van der Waals surface area contributed by atoms with E-state index in [1.165, 1.54) is 24.3 Å². The molecule has 4 rings (SSSR count). The van der Waals surface area contributed by atoms with Crippen molar-refractivity contribution in [2.24, 2.45) is 11.8 Å². The molecule has 1 amide bonds. The maximum absolute atomic E-state index is 13.4. The SMILES string of the molecule is O=C(O)/C=C1\CC2CC[C@@H](C1)[C@H]2S(=O)(=O)c1cccc(C(=O)Nc2cc(F)c(F)c(F)c2)c1. The largest absolute Gasteiger partial charge is 0.478 e. The lowest BCUT2D eigenvalue weighted by Crippen LogP contribution is -2.35. The first kappa shape index (κ1) is 23.0. The number of allylic oxidation sites excluding steroid dienone is 1. The zero-order chi connectivity index (χ0) is 23.9. The molecule has 33 heavy (non-hydrogen) atoms. The Morgan fingerprint density at radius 3 is 2.18 bits per heavy atom. The summed E-state index contributed by atoms with van der Waals surface area (Å²) in [5, 5.41) is 10.6. The Kier molecular flexibility index (Phi) is 6.04. The van der Waals surface area contributed by atoms with Gasteiger partial charge in [-0.15, -0.1) is 0 Å². The smallest absolute Gasteiger partial charge is 0.328 e. The van der Waals surface area contributed by atoms with Gasteiger partial charge in [-0.2, -0.15) is 0 Å². The van der Waals surface area contributed by atoms with Gasteiger partial charge in [0.2, 0.25) is 0 Å². The van der Waals surface area contributed by atoms with Gasteiger partial charge in [0.1, 0.15) is 0 Å². The van der Waals surface area contributed by atoms with E-state index in [4.69, 9.17) is 5.11 Å². The third-order valence-electron chi connectivity index (χ3n) is 6.24. The van der Waals surface area contributed by atoms with E-state index in [9.17, 15) is 31.2 Å². The lowest BCUT2D eigenvalue weighted by atomic mass is 9.84. The molecule has 0 radical (unpaired) electrons. The number of rotatable bonds is 5. The number of benzene rings is 2. The number of carboxylic acid groups (broad SMARTS) is 1. The maximum Gasteiger partial charge on any atom is 0.328 e. The van der Waals surface area contributed by atoms with Crippen LogP contribution in [0.25, 0.3) is 0 Å². The number of amides is 1. The molecule has 2 aromatic rings. The van der Waals surface area contributed by atoms with Crippen LogP contribution < -0.4 is 5.32 Å². The Morgan fingerprint density at radius 2 is 1.61 bits per heavy atom. The van der Waals surface area contributed by atoms with Crippen molar-refractivity contribution in [2.75, 3.05) is 5.32 Å².